The molecule has 0 spiro atoms. The predicted octanol–water partition coefficient (Wildman–Crippen LogP) is -3.58. The molecule has 1 aromatic carbocycles. The molecule has 0 saturated heterocycles. The van der Waals surface area contributed by atoms with Crippen molar-refractivity contribution in [3.05, 3.63) is 34.9 Å². The fourth-order valence-corrected chi connectivity index (χ4v) is 6.63. The molecule has 1 aromatic rings. The van der Waals surface area contributed by atoms with Gasteiger partial charge in [0.2, 0.25) is 5.91 Å². The van der Waals surface area contributed by atoms with Gasteiger partial charge in [-0.05, 0) is 25.7 Å². The van der Waals surface area contributed by atoms with E-state index in [0.29, 0.717) is 0 Å². The van der Waals surface area contributed by atoms with Gasteiger partial charge in [0.25, 0.3) is 0 Å². The van der Waals surface area contributed by atoms with Crippen molar-refractivity contribution in [1.29, 1.82) is 5.26 Å². The lowest BCUT2D eigenvalue weighted by Gasteiger charge is -2.64. The highest BCUT2D eigenvalue weighted by Crippen LogP contribution is 2.58. The minimum atomic E-state index is -3.16. The average molecular weight is 569 g/mol. The number of amides is 1. The number of esters is 1. The number of aromatic hydroxyl groups is 1. The van der Waals surface area contributed by atoms with Crippen LogP contribution in [0.5, 0.6) is 5.75 Å². The topological polar surface area (TPSA) is 283 Å². The second-order valence-corrected chi connectivity index (χ2v) is 10.6. The van der Waals surface area contributed by atoms with Gasteiger partial charge in [-0.3, -0.25) is 28.9 Å². The number of nitrogens with zero attached hydrogens (tertiary/aromatic N) is 2. The van der Waals surface area contributed by atoms with Gasteiger partial charge in [-0.15, -0.1) is 0 Å². The van der Waals surface area contributed by atoms with E-state index in [1.165, 1.54) is 32.3 Å². The maximum Gasteiger partial charge on any atom is 0.330 e. The van der Waals surface area contributed by atoms with Gasteiger partial charge in [0.05, 0.1) is 48.0 Å². The largest absolute Gasteiger partial charge is 0.507 e. The zero-order valence-corrected chi connectivity index (χ0v) is 22.2. The number of phenolic OH excluding ortho intramolecular Hbond substituents is 1. The van der Waals surface area contributed by atoms with Crippen LogP contribution in [0.2, 0.25) is 0 Å². The van der Waals surface area contributed by atoms with Crippen LogP contribution < -0.4 is 22.9 Å². The van der Waals surface area contributed by atoms with Crippen LogP contribution in [0.1, 0.15) is 27.5 Å². The van der Waals surface area contributed by atoms with Crippen molar-refractivity contribution in [2.24, 2.45) is 40.2 Å². The summed E-state index contributed by atoms with van der Waals surface area (Å²) >= 11 is 0. The average Bonchev–Trinajstić information content (AvgIpc) is 2.89. The number of ether oxygens (including phenoxy) is 1. The van der Waals surface area contributed by atoms with E-state index in [-0.39, 0.29) is 11.1 Å². The number of fused-ring (bicyclic) bond motifs is 3. The molecule has 0 aromatic heterocycles. The number of phenols is 1. The molecular formula is C26H28N6O9. The Bertz CT molecular complexity index is 1510. The van der Waals surface area contributed by atoms with Crippen molar-refractivity contribution in [3.8, 4) is 11.8 Å². The second kappa shape index (κ2) is 9.36. The third kappa shape index (κ3) is 3.36. The van der Waals surface area contributed by atoms with Crippen LogP contribution in [-0.2, 0) is 28.7 Å². The van der Waals surface area contributed by atoms with E-state index in [9.17, 15) is 44.2 Å². The number of carbonyl (C=O) groups is 6. The van der Waals surface area contributed by atoms with Gasteiger partial charge in [-0.2, -0.15) is 5.26 Å². The summed E-state index contributed by atoms with van der Waals surface area (Å²) in [4.78, 5) is 80.4. The van der Waals surface area contributed by atoms with Gasteiger partial charge >= 0.3 is 5.97 Å². The summed E-state index contributed by atoms with van der Waals surface area (Å²) in [7, 11) is 3.71. The Labute approximate surface area is 232 Å². The Morgan fingerprint density at radius 3 is 2.27 bits per heavy atom. The molecule has 0 bridgehead atoms. The summed E-state index contributed by atoms with van der Waals surface area (Å²) in [5, 5.41) is 33.3. The van der Waals surface area contributed by atoms with Crippen LogP contribution in [0.15, 0.2) is 18.2 Å². The van der Waals surface area contributed by atoms with Crippen molar-refractivity contribution in [3.63, 3.8) is 0 Å². The Morgan fingerprint density at radius 1 is 1.15 bits per heavy atom. The zero-order chi connectivity index (χ0) is 31.0. The molecule has 3 unspecified atom stereocenters. The number of methoxy groups -OCH3 is 1. The van der Waals surface area contributed by atoms with E-state index in [0.717, 1.165) is 24.2 Å². The molecule has 15 heteroatoms. The number of nitrogens with two attached hydrogens (primary N) is 4. The zero-order valence-electron chi connectivity index (χ0n) is 22.2. The normalized spacial score (nSPS) is 36.4. The summed E-state index contributed by atoms with van der Waals surface area (Å²) in [6.07, 6.45) is -0.271. The third-order valence-corrected chi connectivity index (χ3v) is 8.54. The van der Waals surface area contributed by atoms with E-state index >= 15 is 0 Å². The van der Waals surface area contributed by atoms with Gasteiger partial charge in [-0.1, -0.05) is 12.1 Å². The molecule has 41 heavy (non-hydrogen) atoms. The third-order valence-electron chi connectivity index (χ3n) is 8.54. The van der Waals surface area contributed by atoms with Gasteiger partial charge in [-0.25, -0.2) is 4.79 Å². The van der Waals surface area contributed by atoms with E-state index in [4.69, 9.17) is 22.9 Å². The maximum absolute atomic E-state index is 14.3. The van der Waals surface area contributed by atoms with Crippen molar-refractivity contribution in [1.82, 2.24) is 4.90 Å². The molecular weight excluding hydrogens is 540 g/mol. The number of likely N-dealkylation sites (N-methyl/N-ethyl adjacent to an activating group) is 1. The molecule has 4 rings (SSSR count). The van der Waals surface area contributed by atoms with Gasteiger partial charge in [0, 0.05) is 11.6 Å². The summed E-state index contributed by atoms with van der Waals surface area (Å²) in [6, 6.07) is 0.613. The van der Waals surface area contributed by atoms with Crippen LogP contribution in [0, 0.1) is 28.6 Å². The number of primary amides is 1. The highest BCUT2D eigenvalue weighted by atomic mass is 16.5. The Morgan fingerprint density at radius 2 is 1.76 bits per heavy atom. The Balaban J connectivity index is 2.05. The van der Waals surface area contributed by atoms with Crippen molar-refractivity contribution in [2.75, 3.05) is 21.2 Å². The van der Waals surface area contributed by atoms with Crippen molar-refractivity contribution < 1.29 is 43.7 Å². The number of nitriles is 1. The van der Waals surface area contributed by atoms with E-state index in [1.807, 2.05) is 0 Å². The lowest BCUT2D eigenvalue weighted by atomic mass is 9.41. The van der Waals surface area contributed by atoms with Crippen molar-refractivity contribution >= 4 is 41.1 Å². The van der Waals surface area contributed by atoms with Crippen LogP contribution in [-0.4, -0.2) is 94.6 Å². The molecule has 0 aliphatic heterocycles. The number of hydrogen-bond acceptors (Lipinski definition) is 14. The van der Waals surface area contributed by atoms with E-state index < -0.39 is 92.8 Å². The molecule has 15 nitrogen and oxygen atoms in total. The molecule has 1 amide bonds. The van der Waals surface area contributed by atoms with Crippen LogP contribution in [0.4, 0.5) is 0 Å². The van der Waals surface area contributed by atoms with Crippen LogP contribution in [0.3, 0.4) is 0 Å². The number of aliphatic hydroxyl groups excluding tert-OH is 1. The molecule has 216 valence electrons. The summed E-state index contributed by atoms with van der Waals surface area (Å²) in [6.45, 7) is 0. The predicted molar refractivity (Wildman–Crippen MR) is 137 cm³/mol. The highest BCUT2D eigenvalue weighted by molar-refractivity contribution is 6.33. The molecule has 2 saturated carbocycles. The van der Waals surface area contributed by atoms with Crippen LogP contribution >= 0.6 is 0 Å². The molecule has 3 aliphatic rings. The van der Waals surface area contributed by atoms with Gasteiger partial charge in [0.1, 0.15) is 11.7 Å². The smallest absolute Gasteiger partial charge is 0.330 e. The Kier molecular flexibility index (Phi) is 6.77. The molecule has 10 N–H and O–H groups in total. The number of carbonyl (C=O) groups excluding carboxylic acids is 6. The number of aliphatic hydroxyl groups is 1. The fraction of sp³-hybridized carbons (Fsp3) is 0.423. The van der Waals surface area contributed by atoms with Gasteiger partial charge in [0.15, 0.2) is 34.5 Å². The SMILES string of the molecule is COC(=O)C=Cc1ccc2c(c1O)C(=O)C1C(=O)[C@]3(C#N)C(=O)C(C(N)=O)C(=O)[C@@H](N(C)C)[C@]3(N)[C@@H](O)[C@]1(N)C2N. The fourth-order valence-electron chi connectivity index (χ4n) is 6.63. The van der Waals surface area contributed by atoms with Crippen LogP contribution in [0.25, 0.3) is 6.08 Å². The highest BCUT2D eigenvalue weighted by Gasteiger charge is 2.83. The number of ketones is 4. The number of benzene rings is 1. The standard InChI is InChI=1S/C26H28N6O9/c1-32(2)19-17(36)13(22(29)39)20(37)24(8-27)21(38)14-16(35)12-10(18(28)25(14,30)23(40)26(19,24)31)6-4-9(15(12)34)5-7-11(33)41-3/h4-7,13-14,18-19,23,34,40H,28,30-31H2,1-3H3,(H2,29,39)/t13?,14?,18?,19-,23+,24+,25-,26+/m1/s1. The Hall–Kier alpha value is -4.33. The number of hydrogen-bond donors (Lipinski definition) is 6. The lowest BCUT2D eigenvalue weighted by Crippen LogP contribution is -2.92. The van der Waals surface area contributed by atoms with Gasteiger partial charge < -0.3 is 37.9 Å². The summed E-state index contributed by atoms with van der Waals surface area (Å²) in [5.41, 5.74) is 15.9. The van der Waals surface area contributed by atoms with E-state index in [1.54, 1.807) is 0 Å². The monoisotopic (exact) mass is 568 g/mol. The first-order valence-electron chi connectivity index (χ1n) is 12.2. The molecule has 0 heterocycles. The molecule has 8 atom stereocenters. The first-order valence-corrected chi connectivity index (χ1v) is 12.2. The number of Topliss-reactive ketones (excluding diaryl/α,β-unsaturated/α-hetero) is 4. The first kappa shape index (κ1) is 29.6. The molecule has 0 radical (unpaired) electrons. The summed E-state index contributed by atoms with van der Waals surface area (Å²) in [5.74, 6) is -13.0. The maximum atomic E-state index is 14.3. The van der Waals surface area contributed by atoms with E-state index in [2.05, 4.69) is 4.74 Å². The number of rotatable bonds is 4. The molecule has 3 aliphatic carbocycles. The first-order chi connectivity index (χ1) is 19.0. The molecule has 2 fully saturated rings. The second-order valence-electron chi connectivity index (χ2n) is 10.6. The minimum Gasteiger partial charge on any atom is -0.507 e. The van der Waals surface area contributed by atoms with Crippen molar-refractivity contribution in [2.45, 2.75) is 29.3 Å². The lowest BCUT2D eigenvalue weighted by molar-refractivity contribution is -0.181. The summed E-state index contributed by atoms with van der Waals surface area (Å²) < 4.78 is 4.51. The quantitative estimate of drug-likeness (QED) is 0.116. The minimum absolute atomic E-state index is 0.0630.